The number of nitrogen functional groups attached to an aromatic ring is 1. The number of benzene rings is 1. The van der Waals surface area contributed by atoms with Gasteiger partial charge in [0.15, 0.2) is 0 Å². The first kappa shape index (κ1) is 10.1. The van der Waals surface area contributed by atoms with Crippen molar-refractivity contribution in [2.75, 3.05) is 25.9 Å². The van der Waals surface area contributed by atoms with Crippen LogP contribution in [0.1, 0.15) is 5.56 Å². The average molecular weight is 204 g/mol. The van der Waals surface area contributed by atoms with Crippen LogP contribution in [0.3, 0.4) is 0 Å². The third-order valence-corrected chi connectivity index (χ3v) is 2.59. The Labute approximate surface area is 90.1 Å². The molecule has 0 fully saturated rings. The first-order valence-electron chi connectivity index (χ1n) is 5.09. The molecule has 15 heavy (non-hydrogen) atoms. The van der Waals surface area contributed by atoms with Gasteiger partial charge in [0.25, 0.3) is 0 Å². The molecule has 0 amide bonds. The van der Waals surface area contributed by atoms with Crippen LogP contribution < -0.4 is 10.5 Å². The lowest BCUT2D eigenvalue weighted by atomic mass is 10.2. The van der Waals surface area contributed by atoms with Gasteiger partial charge in [0, 0.05) is 19.6 Å². The second-order valence-electron chi connectivity index (χ2n) is 3.74. The Morgan fingerprint density at radius 3 is 2.67 bits per heavy atom. The molecule has 1 aliphatic rings. The molecular formula is C12H16N2O. The van der Waals surface area contributed by atoms with Crippen molar-refractivity contribution in [3.05, 3.63) is 35.9 Å². The average Bonchev–Trinajstić information content (AvgIpc) is 2.71. The van der Waals surface area contributed by atoms with Gasteiger partial charge in [-0.1, -0.05) is 18.2 Å². The summed E-state index contributed by atoms with van der Waals surface area (Å²) in [6, 6.07) is 5.97. The Morgan fingerprint density at radius 1 is 1.33 bits per heavy atom. The lowest BCUT2D eigenvalue weighted by Gasteiger charge is -2.15. The summed E-state index contributed by atoms with van der Waals surface area (Å²) < 4.78 is 5.12. The maximum Gasteiger partial charge on any atom is 0.141 e. The molecule has 1 heterocycles. The third-order valence-electron chi connectivity index (χ3n) is 2.59. The quantitative estimate of drug-likeness (QED) is 0.601. The highest BCUT2D eigenvalue weighted by atomic mass is 16.5. The number of ether oxygens (including phenoxy) is 1. The summed E-state index contributed by atoms with van der Waals surface area (Å²) in [6.07, 6.45) is 4.37. The number of rotatable bonds is 3. The number of hydrogen-bond acceptors (Lipinski definition) is 3. The Morgan fingerprint density at radius 2 is 2.07 bits per heavy atom. The van der Waals surface area contributed by atoms with Crippen LogP contribution in [0.5, 0.6) is 5.75 Å². The summed E-state index contributed by atoms with van der Waals surface area (Å²) in [5.74, 6) is 0.748. The number of hydrogen-bond donors (Lipinski definition) is 1. The zero-order chi connectivity index (χ0) is 10.7. The highest BCUT2D eigenvalue weighted by Crippen LogP contribution is 2.22. The molecule has 0 unspecified atom stereocenters. The summed E-state index contributed by atoms with van der Waals surface area (Å²) >= 11 is 0. The molecule has 0 bridgehead atoms. The van der Waals surface area contributed by atoms with Crippen LogP contribution in [0.15, 0.2) is 30.4 Å². The van der Waals surface area contributed by atoms with Crippen molar-refractivity contribution in [2.24, 2.45) is 0 Å². The van der Waals surface area contributed by atoms with Crippen LogP contribution in [-0.2, 0) is 6.54 Å². The summed E-state index contributed by atoms with van der Waals surface area (Å²) in [4.78, 5) is 2.35. The van der Waals surface area contributed by atoms with E-state index in [0.717, 1.165) is 25.4 Å². The zero-order valence-corrected chi connectivity index (χ0v) is 8.94. The minimum Gasteiger partial charge on any atom is -0.495 e. The Balaban J connectivity index is 2.05. The number of nitrogens with two attached hydrogens (primary N) is 1. The van der Waals surface area contributed by atoms with E-state index in [1.54, 1.807) is 7.11 Å². The summed E-state index contributed by atoms with van der Waals surface area (Å²) in [7, 11) is 1.63. The number of nitrogens with zero attached hydrogens (tertiary/aromatic N) is 1. The van der Waals surface area contributed by atoms with E-state index in [9.17, 15) is 0 Å². The van der Waals surface area contributed by atoms with E-state index in [-0.39, 0.29) is 0 Å². The predicted octanol–water partition coefficient (Wildman–Crippen LogP) is 1.65. The van der Waals surface area contributed by atoms with Crippen LogP contribution in [-0.4, -0.2) is 25.1 Å². The van der Waals surface area contributed by atoms with Crippen molar-refractivity contribution >= 4 is 5.69 Å². The van der Waals surface area contributed by atoms with Gasteiger partial charge in [-0.3, -0.25) is 4.90 Å². The third kappa shape index (κ3) is 2.30. The monoisotopic (exact) mass is 204 g/mol. The van der Waals surface area contributed by atoms with Crippen molar-refractivity contribution < 1.29 is 4.74 Å². The van der Waals surface area contributed by atoms with E-state index in [2.05, 4.69) is 23.1 Å². The van der Waals surface area contributed by atoms with Gasteiger partial charge >= 0.3 is 0 Å². The second kappa shape index (κ2) is 4.36. The van der Waals surface area contributed by atoms with Crippen LogP contribution >= 0.6 is 0 Å². The molecule has 0 spiro atoms. The summed E-state index contributed by atoms with van der Waals surface area (Å²) in [5, 5.41) is 0. The van der Waals surface area contributed by atoms with Crippen molar-refractivity contribution in [3.63, 3.8) is 0 Å². The molecule has 0 saturated carbocycles. The van der Waals surface area contributed by atoms with E-state index in [1.165, 1.54) is 5.56 Å². The smallest absolute Gasteiger partial charge is 0.141 e. The molecule has 1 aliphatic heterocycles. The molecule has 0 aromatic heterocycles. The molecule has 3 nitrogen and oxygen atoms in total. The molecule has 2 N–H and O–H groups in total. The second-order valence-corrected chi connectivity index (χ2v) is 3.74. The molecule has 3 heteroatoms. The van der Waals surface area contributed by atoms with Gasteiger partial charge in [-0.05, 0) is 17.7 Å². The molecule has 0 aliphatic carbocycles. The largest absolute Gasteiger partial charge is 0.495 e. The van der Waals surface area contributed by atoms with Crippen LogP contribution in [0, 0.1) is 0 Å². The lowest BCUT2D eigenvalue weighted by Crippen LogP contribution is -2.19. The van der Waals surface area contributed by atoms with Crippen LogP contribution in [0.4, 0.5) is 5.69 Å². The van der Waals surface area contributed by atoms with Gasteiger partial charge in [0.2, 0.25) is 0 Å². The van der Waals surface area contributed by atoms with Crippen molar-refractivity contribution in [1.29, 1.82) is 0 Å². The molecule has 0 radical (unpaired) electrons. The summed E-state index contributed by atoms with van der Waals surface area (Å²) in [6.45, 7) is 3.01. The molecule has 0 saturated heterocycles. The number of methoxy groups -OCH3 is 1. The van der Waals surface area contributed by atoms with Gasteiger partial charge in [-0.2, -0.15) is 0 Å². The Hall–Kier alpha value is -1.48. The predicted molar refractivity (Wildman–Crippen MR) is 61.8 cm³/mol. The van der Waals surface area contributed by atoms with Gasteiger partial charge in [-0.25, -0.2) is 0 Å². The van der Waals surface area contributed by atoms with Crippen LogP contribution in [0.25, 0.3) is 0 Å². The van der Waals surface area contributed by atoms with Gasteiger partial charge in [0.05, 0.1) is 12.8 Å². The molecular weight excluding hydrogens is 188 g/mol. The Bertz CT molecular complexity index is 366. The van der Waals surface area contributed by atoms with Crippen molar-refractivity contribution in [3.8, 4) is 5.75 Å². The minimum absolute atomic E-state index is 0.710. The fourth-order valence-electron chi connectivity index (χ4n) is 1.79. The van der Waals surface area contributed by atoms with E-state index < -0.39 is 0 Å². The first-order valence-corrected chi connectivity index (χ1v) is 5.09. The molecule has 2 rings (SSSR count). The van der Waals surface area contributed by atoms with Gasteiger partial charge in [-0.15, -0.1) is 0 Å². The van der Waals surface area contributed by atoms with Gasteiger partial charge in [0.1, 0.15) is 5.75 Å². The highest BCUT2D eigenvalue weighted by molar-refractivity contribution is 5.54. The van der Waals surface area contributed by atoms with Crippen molar-refractivity contribution in [2.45, 2.75) is 6.54 Å². The van der Waals surface area contributed by atoms with E-state index >= 15 is 0 Å². The molecule has 1 aromatic rings. The zero-order valence-electron chi connectivity index (χ0n) is 8.94. The van der Waals surface area contributed by atoms with E-state index in [0.29, 0.717) is 5.69 Å². The SMILES string of the molecule is COc1ccc(CN2CC=CC2)cc1N. The van der Waals surface area contributed by atoms with E-state index in [1.807, 2.05) is 12.1 Å². The molecule has 0 atom stereocenters. The first-order chi connectivity index (χ1) is 7.29. The fraction of sp³-hybridized carbons (Fsp3) is 0.333. The van der Waals surface area contributed by atoms with Crippen LogP contribution in [0.2, 0.25) is 0 Å². The maximum absolute atomic E-state index is 5.85. The van der Waals surface area contributed by atoms with E-state index in [4.69, 9.17) is 10.5 Å². The fourth-order valence-corrected chi connectivity index (χ4v) is 1.79. The molecule has 1 aromatic carbocycles. The van der Waals surface area contributed by atoms with Gasteiger partial charge < -0.3 is 10.5 Å². The Kier molecular flexibility index (Phi) is 2.92. The number of anilines is 1. The van der Waals surface area contributed by atoms with Crippen molar-refractivity contribution in [1.82, 2.24) is 4.90 Å². The summed E-state index contributed by atoms with van der Waals surface area (Å²) in [5.41, 5.74) is 7.79. The maximum atomic E-state index is 5.85. The lowest BCUT2D eigenvalue weighted by molar-refractivity contribution is 0.345. The molecule has 80 valence electrons. The topological polar surface area (TPSA) is 38.5 Å². The standard InChI is InChI=1S/C12H16N2O/c1-15-12-5-4-10(8-11(12)13)9-14-6-2-3-7-14/h2-5,8H,6-7,9,13H2,1H3. The minimum atomic E-state index is 0.710. The highest BCUT2D eigenvalue weighted by Gasteiger charge is 2.08. The normalized spacial score (nSPS) is 15.8.